The maximum absolute atomic E-state index is 12.9. The van der Waals surface area contributed by atoms with Crippen molar-refractivity contribution in [2.24, 2.45) is 0 Å². The van der Waals surface area contributed by atoms with Crippen LogP contribution in [-0.2, 0) is 4.79 Å². The Kier molecular flexibility index (Phi) is 6.97. The van der Waals surface area contributed by atoms with Crippen molar-refractivity contribution in [2.45, 2.75) is 25.4 Å². The molecule has 1 fully saturated rings. The van der Waals surface area contributed by atoms with E-state index in [-0.39, 0.29) is 24.4 Å². The molecule has 1 aliphatic heterocycles. The number of benzene rings is 1. The molecule has 1 amide bonds. The van der Waals surface area contributed by atoms with Gasteiger partial charge in [0.15, 0.2) is 5.11 Å². The zero-order valence-corrected chi connectivity index (χ0v) is 21.2. The van der Waals surface area contributed by atoms with Gasteiger partial charge >= 0.3 is 0 Å². The maximum Gasteiger partial charge on any atom is 0.226 e. The lowest BCUT2D eigenvalue weighted by atomic mass is 10.0. The van der Waals surface area contributed by atoms with Gasteiger partial charge in [-0.05, 0) is 67.2 Å². The molecule has 1 aromatic carbocycles. The summed E-state index contributed by atoms with van der Waals surface area (Å²) in [5.74, 6) is 0.677. The topological polar surface area (TPSA) is 75.1 Å². The Labute approximate surface area is 220 Å². The number of carbonyl (C=O) groups excluding carboxylic acids is 1. The summed E-state index contributed by atoms with van der Waals surface area (Å²) < 4.78 is 2.02. The van der Waals surface area contributed by atoms with Gasteiger partial charge in [-0.2, -0.15) is 0 Å². The lowest BCUT2D eigenvalue weighted by molar-refractivity contribution is -0.116. The Hall–Kier alpha value is -3.75. The molecule has 3 aromatic heterocycles. The number of aromatic nitrogens is 3. The van der Waals surface area contributed by atoms with Gasteiger partial charge in [0.1, 0.15) is 5.82 Å². The van der Waals surface area contributed by atoms with E-state index < -0.39 is 0 Å². The van der Waals surface area contributed by atoms with Crippen LogP contribution in [-0.4, -0.2) is 37.0 Å². The molecule has 2 N–H and O–H groups in total. The molecule has 5 rings (SSSR count). The number of hydrogen-bond donors (Lipinski definition) is 2. The van der Waals surface area contributed by atoms with Gasteiger partial charge in [-0.25, -0.2) is 4.98 Å². The fourth-order valence-corrected chi connectivity index (χ4v) is 4.91. The average Bonchev–Trinajstić information content (AvgIpc) is 3.49. The number of nitrogens with zero attached hydrogens (tertiary/aromatic N) is 4. The van der Waals surface area contributed by atoms with Gasteiger partial charge in [0, 0.05) is 42.9 Å². The second-order valence-corrected chi connectivity index (χ2v) is 9.39. The van der Waals surface area contributed by atoms with Crippen molar-refractivity contribution < 1.29 is 4.79 Å². The summed E-state index contributed by atoms with van der Waals surface area (Å²) in [7, 11) is 0. The van der Waals surface area contributed by atoms with E-state index >= 15 is 0 Å². The van der Waals surface area contributed by atoms with E-state index in [1.54, 1.807) is 12.4 Å². The smallest absolute Gasteiger partial charge is 0.226 e. The summed E-state index contributed by atoms with van der Waals surface area (Å²) in [6, 6.07) is 20.9. The number of anilines is 1. The van der Waals surface area contributed by atoms with Gasteiger partial charge in [-0.1, -0.05) is 35.9 Å². The molecule has 2 atom stereocenters. The van der Waals surface area contributed by atoms with Crippen LogP contribution in [0, 0.1) is 6.92 Å². The molecule has 9 heteroatoms. The first-order chi connectivity index (χ1) is 17.5. The lowest BCUT2D eigenvalue weighted by Crippen LogP contribution is -2.33. The summed E-state index contributed by atoms with van der Waals surface area (Å²) in [5.41, 5.74) is 3.68. The van der Waals surface area contributed by atoms with Gasteiger partial charge in [-0.15, -0.1) is 0 Å². The van der Waals surface area contributed by atoms with Crippen LogP contribution in [0.2, 0.25) is 5.02 Å². The van der Waals surface area contributed by atoms with E-state index in [2.05, 4.69) is 25.5 Å². The van der Waals surface area contributed by atoms with Gasteiger partial charge in [-0.3, -0.25) is 9.78 Å². The molecule has 4 heterocycles. The third kappa shape index (κ3) is 4.96. The molecule has 7 nitrogen and oxygen atoms in total. The van der Waals surface area contributed by atoms with Crippen LogP contribution in [0.15, 0.2) is 85.3 Å². The lowest BCUT2D eigenvalue weighted by Gasteiger charge is -2.28. The molecule has 1 aliphatic rings. The molecule has 182 valence electrons. The van der Waals surface area contributed by atoms with Gasteiger partial charge in [0.25, 0.3) is 0 Å². The van der Waals surface area contributed by atoms with Crippen molar-refractivity contribution in [3.8, 4) is 5.82 Å². The highest BCUT2D eigenvalue weighted by atomic mass is 35.5. The summed E-state index contributed by atoms with van der Waals surface area (Å²) in [5, 5.41) is 7.60. The second kappa shape index (κ2) is 10.5. The van der Waals surface area contributed by atoms with E-state index in [0.29, 0.717) is 16.7 Å². The number of para-hydroxylation sites is 1. The minimum atomic E-state index is -0.203. The van der Waals surface area contributed by atoms with Crippen LogP contribution in [0.25, 0.3) is 5.82 Å². The monoisotopic (exact) mass is 516 g/mol. The maximum atomic E-state index is 12.9. The third-order valence-corrected chi connectivity index (χ3v) is 6.81. The van der Waals surface area contributed by atoms with Crippen LogP contribution < -0.4 is 10.6 Å². The summed E-state index contributed by atoms with van der Waals surface area (Å²) in [6.07, 6.45) is 5.64. The molecular weight excluding hydrogens is 492 g/mol. The molecule has 0 aliphatic carbocycles. The highest BCUT2D eigenvalue weighted by molar-refractivity contribution is 7.80. The molecular formula is C27H25ClN6OS. The number of halogens is 1. The molecule has 0 spiro atoms. The van der Waals surface area contributed by atoms with Crippen LogP contribution in [0.5, 0.6) is 0 Å². The van der Waals surface area contributed by atoms with Crippen molar-refractivity contribution in [1.29, 1.82) is 0 Å². The van der Waals surface area contributed by atoms with E-state index in [0.717, 1.165) is 28.5 Å². The van der Waals surface area contributed by atoms with Crippen molar-refractivity contribution in [2.75, 3.05) is 11.9 Å². The van der Waals surface area contributed by atoms with Gasteiger partial charge in [0.05, 0.1) is 22.8 Å². The molecule has 0 saturated carbocycles. The van der Waals surface area contributed by atoms with E-state index in [1.165, 1.54) is 0 Å². The standard InChI is InChI=1S/C27H25ClN6OS/c1-18-7-2-3-8-20(18)31-24(35)13-16-34-26(25(32-27(34)36)21-9-4-5-14-29-21)22-10-6-15-33(22)23-12-11-19(28)17-30-23/h2-12,14-15,17,25-26H,13,16H2,1H3,(H,31,35)(H,32,36)/t25-,26+/m0/s1. The zero-order chi connectivity index (χ0) is 25.1. The first-order valence-electron chi connectivity index (χ1n) is 11.6. The van der Waals surface area contributed by atoms with Crippen LogP contribution in [0.4, 0.5) is 5.69 Å². The number of aryl methyl sites for hydroxylation is 1. The number of hydrogen-bond acceptors (Lipinski definition) is 4. The Balaban J connectivity index is 1.44. The number of amides is 1. The average molecular weight is 517 g/mol. The minimum absolute atomic E-state index is 0.0677. The normalized spacial score (nSPS) is 17.2. The first kappa shape index (κ1) is 24.0. The van der Waals surface area contributed by atoms with Gasteiger partial charge in [0.2, 0.25) is 5.91 Å². The molecule has 36 heavy (non-hydrogen) atoms. The third-order valence-electron chi connectivity index (χ3n) is 6.24. The van der Waals surface area contributed by atoms with E-state index in [9.17, 15) is 4.79 Å². The largest absolute Gasteiger partial charge is 0.352 e. The quantitative estimate of drug-likeness (QED) is 0.328. The van der Waals surface area contributed by atoms with Crippen LogP contribution in [0.1, 0.15) is 35.5 Å². The van der Waals surface area contributed by atoms with E-state index in [4.69, 9.17) is 23.8 Å². The van der Waals surface area contributed by atoms with Crippen molar-refractivity contribution in [3.05, 3.63) is 107 Å². The highest BCUT2D eigenvalue weighted by Crippen LogP contribution is 2.39. The van der Waals surface area contributed by atoms with Crippen molar-refractivity contribution in [1.82, 2.24) is 24.8 Å². The summed E-state index contributed by atoms with van der Waals surface area (Å²) in [4.78, 5) is 24.0. The zero-order valence-electron chi connectivity index (χ0n) is 19.6. The molecule has 0 unspecified atom stereocenters. The van der Waals surface area contributed by atoms with E-state index in [1.807, 2.05) is 84.4 Å². The first-order valence-corrected chi connectivity index (χ1v) is 12.4. The van der Waals surface area contributed by atoms with Crippen molar-refractivity contribution in [3.63, 3.8) is 0 Å². The number of thiocarbonyl (C=S) groups is 1. The van der Waals surface area contributed by atoms with Crippen LogP contribution in [0.3, 0.4) is 0 Å². The summed E-state index contributed by atoms with van der Waals surface area (Å²) in [6.45, 7) is 2.42. The van der Waals surface area contributed by atoms with Gasteiger partial charge < -0.3 is 20.1 Å². The highest BCUT2D eigenvalue weighted by Gasteiger charge is 2.41. The number of nitrogens with one attached hydrogen (secondary N) is 2. The Morgan fingerprint density at radius 1 is 1.08 bits per heavy atom. The number of pyridine rings is 2. The Bertz CT molecular complexity index is 1370. The number of carbonyl (C=O) groups is 1. The fraction of sp³-hybridized carbons (Fsp3) is 0.185. The molecule has 0 bridgehead atoms. The minimum Gasteiger partial charge on any atom is -0.352 e. The molecule has 0 radical (unpaired) electrons. The van der Waals surface area contributed by atoms with Crippen LogP contribution >= 0.6 is 23.8 Å². The number of rotatable bonds is 7. The molecule has 1 saturated heterocycles. The Morgan fingerprint density at radius 2 is 1.92 bits per heavy atom. The van der Waals surface area contributed by atoms with Crippen molar-refractivity contribution >= 4 is 40.5 Å². The Morgan fingerprint density at radius 3 is 2.67 bits per heavy atom. The summed E-state index contributed by atoms with van der Waals surface area (Å²) >= 11 is 11.8. The fourth-order valence-electron chi connectivity index (χ4n) is 4.47. The predicted octanol–water partition coefficient (Wildman–Crippen LogP) is 5.23. The molecule has 4 aromatic rings. The SMILES string of the molecule is Cc1ccccc1NC(=O)CCN1C(=S)N[C@@H](c2ccccn2)[C@H]1c1cccn1-c1ccc(Cl)cn1. The second-order valence-electron chi connectivity index (χ2n) is 8.57. The predicted molar refractivity (Wildman–Crippen MR) is 145 cm³/mol.